The summed E-state index contributed by atoms with van der Waals surface area (Å²) in [4.78, 5) is 12.6. The van der Waals surface area contributed by atoms with Crippen LogP contribution in [0.4, 0.5) is 0 Å². The molecule has 0 aliphatic heterocycles. The van der Waals surface area contributed by atoms with Crippen LogP contribution < -0.4 is 4.74 Å². The second kappa shape index (κ2) is 9.49. The maximum absolute atomic E-state index is 12.6. The summed E-state index contributed by atoms with van der Waals surface area (Å²) in [7, 11) is 0. The Morgan fingerprint density at radius 2 is 1.69 bits per heavy atom. The fraction of sp³-hybridized carbons (Fsp3) is 0.222. The van der Waals surface area contributed by atoms with Gasteiger partial charge in [0.15, 0.2) is 0 Å². The number of aryl methyl sites for hydroxylation is 3. The molecule has 0 amide bonds. The average molecular weight is 448 g/mol. The van der Waals surface area contributed by atoms with Crippen molar-refractivity contribution in [2.24, 2.45) is 0 Å². The van der Waals surface area contributed by atoms with Crippen molar-refractivity contribution in [3.8, 4) is 5.75 Å². The standard InChI is InChI=1S/C27H26ClNO3/c1-4-29-25-11-6-5-10-23(25)24(16-32-27(30)20-8-7-9-21(28)15-20)26(29)17-31-22-13-18(2)12-19(3)14-22/h5-15H,4,16-17H2,1-3H3. The number of benzene rings is 3. The number of rotatable bonds is 7. The van der Waals surface area contributed by atoms with Gasteiger partial charge < -0.3 is 14.0 Å². The Hall–Kier alpha value is -3.24. The largest absolute Gasteiger partial charge is 0.487 e. The van der Waals surface area contributed by atoms with E-state index in [1.165, 1.54) is 0 Å². The molecule has 5 heteroatoms. The highest BCUT2D eigenvalue weighted by molar-refractivity contribution is 6.30. The third-order valence-corrected chi connectivity index (χ3v) is 5.72. The molecule has 0 radical (unpaired) electrons. The second-order valence-electron chi connectivity index (χ2n) is 7.89. The molecule has 0 aliphatic rings. The Balaban J connectivity index is 1.65. The molecule has 4 nitrogen and oxygen atoms in total. The topological polar surface area (TPSA) is 40.5 Å². The predicted octanol–water partition coefficient (Wildman–Crippen LogP) is 6.87. The van der Waals surface area contributed by atoms with Gasteiger partial charge in [0, 0.05) is 28.0 Å². The van der Waals surface area contributed by atoms with Crippen LogP contribution in [0.25, 0.3) is 10.9 Å². The maximum Gasteiger partial charge on any atom is 0.338 e. The molecule has 0 saturated carbocycles. The van der Waals surface area contributed by atoms with E-state index in [0.29, 0.717) is 17.2 Å². The van der Waals surface area contributed by atoms with Crippen LogP contribution in [0.15, 0.2) is 66.7 Å². The number of ether oxygens (including phenoxy) is 2. The zero-order chi connectivity index (χ0) is 22.7. The third-order valence-electron chi connectivity index (χ3n) is 5.49. The van der Waals surface area contributed by atoms with Crippen LogP contribution in [0, 0.1) is 13.8 Å². The Labute approximate surface area is 193 Å². The fourth-order valence-electron chi connectivity index (χ4n) is 4.12. The lowest BCUT2D eigenvalue weighted by molar-refractivity contribution is 0.0472. The van der Waals surface area contributed by atoms with Crippen molar-refractivity contribution in [2.75, 3.05) is 0 Å². The number of para-hydroxylation sites is 1. The van der Waals surface area contributed by atoms with Gasteiger partial charge >= 0.3 is 5.97 Å². The predicted molar refractivity (Wildman–Crippen MR) is 128 cm³/mol. The summed E-state index contributed by atoms with van der Waals surface area (Å²) < 4.78 is 14.1. The number of hydrogen-bond donors (Lipinski definition) is 0. The molecular weight excluding hydrogens is 422 g/mol. The highest BCUT2D eigenvalue weighted by Gasteiger charge is 2.19. The minimum Gasteiger partial charge on any atom is -0.487 e. The van der Waals surface area contributed by atoms with E-state index in [-0.39, 0.29) is 6.61 Å². The smallest absolute Gasteiger partial charge is 0.338 e. The third kappa shape index (κ3) is 4.66. The van der Waals surface area contributed by atoms with E-state index < -0.39 is 5.97 Å². The number of carbonyl (C=O) groups is 1. The molecule has 4 aromatic rings. The van der Waals surface area contributed by atoms with E-state index in [0.717, 1.165) is 45.6 Å². The molecule has 4 rings (SSSR count). The summed E-state index contributed by atoms with van der Waals surface area (Å²) in [5.74, 6) is 0.430. The van der Waals surface area contributed by atoms with Gasteiger partial charge in [0.05, 0.1) is 11.3 Å². The van der Waals surface area contributed by atoms with Crippen molar-refractivity contribution >= 4 is 28.5 Å². The van der Waals surface area contributed by atoms with Gasteiger partial charge in [-0.05, 0) is 68.3 Å². The fourth-order valence-corrected chi connectivity index (χ4v) is 4.31. The summed E-state index contributed by atoms with van der Waals surface area (Å²) in [5, 5.41) is 1.57. The average Bonchev–Trinajstić information content (AvgIpc) is 3.08. The quantitative estimate of drug-likeness (QED) is 0.290. The number of esters is 1. The number of carbonyl (C=O) groups excluding carboxylic acids is 1. The minimum absolute atomic E-state index is 0.157. The molecule has 0 N–H and O–H groups in total. The second-order valence-corrected chi connectivity index (χ2v) is 8.32. The molecule has 0 atom stereocenters. The Morgan fingerprint density at radius 1 is 0.938 bits per heavy atom. The van der Waals surface area contributed by atoms with Crippen molar-refractivity contribution in [3.63, 3.8) is 0 Å². The molecule has 0 fully saturated rings. The number of hydrogen-bond acceptors (Lipinski definition) is 3. The monoisotopic (exact) mass is 447 g/mol. The van der Waals surface area contributed by atoms with Crippen molar-refractivity contribution in [3.05, 3.63) is 99.7 Å². The van der Waals surface area contributed by atoms with Crippen LogP contribution in [-0.2, 0) is 24.5 Å². The van der Waals surface area contributed by atoms with Gasteiger partial charge in [-0.2, -0.15) is 0 Å². The molecule has 0 aliphatic carbocycles. The van der Waals surface area contributed by atoms with Crippen LogP contribution in [0.3, 0.4) is 0 Å². The summed E-state index contributed by atoms with van der Waals surface area (Å²) in [6.07, 6.45) is 0. The van der Waals surface area contributed by atoms with E-state index in [1.807, 2.05) is 24.3 Å². The molecule has 0 unspecified atom stereocenters. The lowest BCUT2D eigenvalue weighted by Crippen LogP contribution is -2.10. The highest BCUT2D eigenvalue weighted by atomic mass is 35.5. The zero-order valence-electron chi connectivity index (χ0n) is 18.5. The first-order chi connectivity index (χ1) is 15.5. The van der Waals surface area contributed by atoms with Gasteiger partial charge in [-0.3, -0.25) is 0 Å². The van der Waals surface area contributed by atoms with Gasteiger partial charge in [-0.15, -0.1) is 0 Å². The van der Waals surface area contributed by atoms with Crippen LogP contribution in [-0.4, -0.2) is 10.5 Å². The molecule has 1 aromatic heterocycles. The maximum atomic E-state index is 12.6. The van der Waals surface area contributed by atoms with Gasteiger partial charge in [-0.1, -0.05) is 41.9 Å². The number of aromatic nitrogens is 1. The number of nitrogens with zero attached hydrogens (tertiary/aromatic N) is 1. The molecule has 32 heavy (non-hydrogen) atoms. The molecule has 3 aromatic carbocycles. The summed E-state index contributed by atoms with van der Waals surface area (Å²) in [6, 6.07) is 21.1. The summed E-state index contributed by atoms with van der Waals surface area (Å²) >= 11 is 6.03. The SMILES string of the molecule is CCn1c(COc2cc(C)cc(C)c2)c(COC(=O)c2cccc(Cl)c2)c2ccccc21. The number of fused-ring (bicyclic) bond motifs is 1. The molecule has 164 valence electrons. The van der Waals surface area contributed by atoms with Crippen molar-refractivity contribution in [1.29, 1.82) is 0 Å². The van der Waals surface area contributed by atoms with Crippen molar-refractivity contribution in [1.82, 2.24) is 4.57 Å². The summed E-state index contributed by atoms with van der Waals surface area (Å²) in [6.45, 7) is 7.55. The molecule has 0 saturated heterocycles. The normalized spacial score (nSPS) is 11.0. The van der Waals surface area contributed by atoms with Gasteiger partial charge in [-0.25, -0.2) is 4.79 Å². The van der Waals surface area contributed by atoms with E-state index in [4.69, 9.17) is 21.1 Å². The first kappa shape index (κ1) is 22.0. The minimum atomic E-state index is -0.401. The summed E-state index contributed by atoms with van der Waals surface area (Å²) in [5.41, 5.74) is 5.82. The Morgan fingerprint density at radius 3 is 2.41 bits per heavy atom. The lowest BCUT2D eigenvalue weighted by atomic mass is 10.1. The molecular formula is C27H26ClNO3. The van der Waals surface area contributed by atoms with Crippen molar-refractivity contribution in [2.45, 2.75) is 40.5 Å². The van der Waals surface area contributed by atoms with Crippen molar-refractivity contribution < 1.29 is 14.3 Å². The Kier molecular flexibility index (Phi) is 6.52. The van der Waals surface area contributed by atoms with E-state index in [9.17, 15) is 4.79 Å². The van der Waals surface area contributed by atoms with E-state index in [1.54, 1.807) is 24.3 Å². The molecule has 1 heterocycles. The van der Waals surface area contributed by atoms with Crippen LogP contribution in [0.5, 0.6) is 5.75 Å². The van der Waals surface area contributed by atoms with E-state index >= 15 is 0 Å². The molecule has 0 bridgehead atoms. The van der Waals surface area contributed by atoms with Gasteiger partial charge in [0.2, 0.25) is 0 Å². The first-order valence-corrected chi connectivity index (χ1v) is 11.1. The van der Waals surface area contributed by atoms with Crippen LogP contribution >= 0.6 is 11.6 Å². The number of halogens is 1. The van der Waals surface area contributed by atoms with Crippen LogP contribution in [0.2, 0.25) is 5.02 Å². The first-order valence-electron chi connectivity index (χ1n) is 10.7. The Bertz CT molecular complexity index is 1260. The lowest BCUT2D eigenvalue weighted by Gasteiger charge is -2.13. The van der Waals surface area contributed by atoms with Gasteiger partial charge in [0.25, 0.3) is 0 Å². The van der Waals surface area contributed by atoms with E-state index in [2.05, 4.69) is 43.5 Å². The van der Waals surface area contributed by atoms with Gasteiger partial charge in [0.1, 0.15) is 19.0 Å². The zero-order valence-corrected chi connectivity index (χ0v) is 19.3. The van der Waals surface area contributed by atoms with Crippen LogP contribution in [0.1, 0.15) is 39.7 Å². The highest BCUT2D eigenvalue weighted by Crippen LogP contribution is 2.29. The molecule has 0 spiro atoms.